The molecule has 336 valence electrons. The molecule has 0 radical (unpaired) electrons. The second kappa shape index (κ2) is 19.2. The molecule has 0 spiro atoms. The quantitative estimate of drug-likeness (QED) is 0.102. The van der Waals surface area contributed by atoms with Gasteiger partial charge in [-0.25, -0.2) is 28.7 Å². The zero-order valence-electron chi connectivity index (χ0n) is 37.7. The average Bonchev–Trinajstić information content (AvgIpc) is 4.20. The van der Waals surface area contributed by atoms with Crippen molar-refractivity contribution in [1.82, 2.24) is 70.2 Å². The highest BCUT2D eigenvalue weighted by Crippen LogP contribution is 2.33. The van der Waals surface area contributed by atoms with E-state index in [1.165, 1.54) is 24.3 Å². The molecule has 11 rings (SSSR count). The van der Waals surface area contributed by atoms with Crippen LogP contribution in [-0.4, -0.2) is 84.2 Å². The Hall–Kier alpha value is -9.05. The van der Waals surface area contributed by atoms with Crippen molar-refractivity contribution >= 4 is 49.7 Å². The number of aromatic amines is 4. The summed E-state index contributed by atoms with van der Waals surface area (Å²) in [7, 11) is 3.95. The molecular weight excluding hydrogens is 859 g/mol. The Morgan fingerprint density at radius 3 is 1.60 bits per heavy atom. The van der Waals surface area contributed by atoms with Crippen molar-refractivity contribution in [2.45, 2.75) is 20.8 Å². The summed E-state index contributed by atoms with van der Waals surface area (Å²) in [6.45, 7) is 9.88. The van der Waals surface area contributed by atoms with Crippen LogP contribution in [0.3, 0.4) is 0 Å². The lowest BCUT2D eigenvalue weighted by atomic mass is 10.1. The van der Waals surface area contributed by atoms with Gasteiger partial charge in [-0.2, -0.15) is 10.2 Å². The molecule has 0 saturated carbocycles. The van der Waals surface area contributed by atoms with Crippen molar-refractivity contribution in [2.75, 3.05) is 14.1 Å². The lowest BCUT2D eigenvalue weighted by Gasteiger charge is -2.14. The maximum atomic E-state index is 13.4. The maximum absolute atomic E-state index is 13.4. The van der Waals surface area contributed by atoms with Crippen molar-refractivity contribution in [3.8, 4) is 56.8 Å². The highest BCUT2D eigenvalue weighted by atomic mass is 19.1. The Labute approximate surface area is 388 Å². The molecule has 16 heteroatoms. The van der Waals surface area contributed by atoms with Gasteiger partial charge in [0, 0.05) is 61.3 Å². The van der Waals surface area contributed by atoms with Crippen LogP contribution in [0.15, 0.2) is 152 Å². The molecule has 14 nitrogen and oxygen atoms in total. The molecule has 0 saturated heterocycles. The highest BCUT2D eigenvalue weighted by Gasteiger charge is 2.20. The Morgan fingerprint density at radius 1 is 0.574 bits per heavy atom. The van der Waals surface area contributed by atoms with Gasteiger partial charge in [-0.05, 0) is 122 Å². The summed E-state index contributed by atoms with van der Waals surface area (Å²) in [5.41, 5.74) is 14.6. The van der Waals surface area contributed by atoms with Gasteiger partial charge in [0.2, 0.25) is 0 Å². The number of benzene rings is 2. The predicted molar refractivity (Wildman–Crippen MR) is 265 cm³/mol. The summed E-state index contributed by atoms with van der Waals surface area (Å²) in [4.78, 5) is 41.0. The average molecular weight is 903 g/mol. The highest BCUT2D eigenvalue weighted by molar-refractivity contribution is 5.96. The SMILES string of the molecule is C=C/C(=C\C(=C/C)c1ccc2[nH]nc(-c3nc4c(-c5ccc(F)cc5)nccc4[nH]3)c2n1)N(C)C.CC.Fc1ccc(-c2nccc3[nH]c(-c4n[nH]c5ccc(-c6cccnc6)nc45)nc23)cc1. The van der Waals surface area contributed by atoms with Crippen molar-refractivity contribution < 1.29 is 8.78 Å². The first-order chi connectivity index (χ1) is 33.2. The molecular formula is C52H44F2N14. The number of pyridine rings is 5. The fourth-order valence-electron chi connectivity index (χ4n) is 7.53. The van der Waals surface area contributed by atoms with Gasteiger partial charge in [0.15, 0.2) is 23.0 Å². The normalized spacial score (nSPS) is 11.7. The molecule has 0 atom stereocenters. The molecule has 68 heavy (non-hydrogen) atoms. The molecule has 2 aromatic carbocycles. The van der Waals surface area contributed by atoms with Crippen LogP contribution < -0.4 is 0 Å². The third-order valence-corrected chi connectivity index (χ3v) is 10.9. The lowest BCUT2D eigenvalue weighted by molar-refractivity contribution is 0.530. The number of nitrogens with one attached hydrogen (secondary N) is 4. The molecule has 11 aromatic rings. The van der Waals surface area contributed by atoms with Gasteiger partial charge in [-0.15, -0.1) is 0 Å². The molecule has 0 bridgehead atoms. The van der Waals surface area contributed by atoms with Gasteiger partial charge >= 0.3 is 0 Å². The number of rotatable bonds is 9. The number of allylic oxidation sites excluding steroid dienone is 4. The van der Waals surface area contributed by atoms with E-state index in [4.69, 9.17) is 19.9 Å². The summed E-state index contributed by atoms with van der Waals surface area (Å²) in [6.07, 6.45) is 12.8. The van der Waals surface area contributed by atoms with E-state index in [-0.39, 0.29) is 11.6 Å². The van der Waals surface area contributed by atoms with Crippen LogP contribution in [0.2, 0.25) is 0 Å². The van der Waals surface area contributed by atoms with Crippen LogP contribution in [-0.2, 0) is 0 Å². The number of nitrogens with zero attached hydrogens (tertiary/aromatic N) is 10. The minimum Gasteiger partial charge on any atom is -0.378 e. The minimum atomic E-state index is -0.297. The summed E-state index contributed by atoms with van der Waals surface area (Å²) in [5, 5.41) is 15.0. The second-order valence-electron chi connectivity index (χ2n) is 15.3. The number of aromatic nitrogens is 13. The van der Waals surface area contributed by atoms with Gasteiger partial charge in [-0.3, -0.25) is 25.1 Å². The smallest absolute Gasteiger partial charge is 0.161 e. The van der Waals surface area contributed by atoms with Gasteiger partial charge in [0.05, 0.1) is 44.8 Å². The first-order valence-electron chi connectivity index (χ1n) is 21.8. The third kappa shape index (κ3) is 8.72. The number of hydrogen-bond acceptors (Lipinski definition) is 10. The molecule has 0 unspecified atom stereocenters. The van der Waals surface area contributed by atoms with E-state index in [1.807, 2.05) is 107 Å². The Balaban J connectivity index is 0.000000165. The summed E-state index contributed by atoms with van der Waals surface area (Å²) in [6, 6.07) is 27.8. The van der Waals surface area contributed by atoms with E-state index in [1.54, 1.807) is 49.1 Å². The summed E-state index contributed by atoms with van der Waals surface area (Å²) < 4.78 is 26.8. The molecule has 9 heterocycles. The standard InChI is InChI=1S/C27H24FN7.C23H14FN7.C2H6/c1-5-16(15-19(6-2)35(3)4)20-11-12-22-25(30-20)26(34-33-22)27-31-21-13-14-29-23(24(21)32-27)17-7-9-18(28)10-8-17;24-15-5-3-13(4-6-15)19-20-17(9-11-26-19)28-23(29-20)22-21-18(30-31-22)8-7-16(27-21)14-2-1-10-25-12-14;1-2/h5-15H,2H2,1,3-4H3,(H,31,32)(H,33,34);1-12H,(H,28,29)(H,30,31);1-2H3/b16-5+,19-15+;;. The van der Waals surface area contributed by atoms with Crippen LogP contribution in [0.4, 0.5) is 8.78 Å². The zero-order chi connectivity index (χ0) is 47.3. The topological polar surface area (TPSA) is 182 Å². The van der Waals surface area contributed by atoms with Crippen LogP contribution in [0, 0.1) is 11.6 Å². The fourth-order valence-corrected chi connectivity index (χ4v) is 7.53. The first-order valence-corrected chi connectivity index (χ1v) is 21.8. The van der Waals surface area contributed by atoms with Gasteiger partial charge in [0.1, 0.15) is 33.7 Å². The Morgan fingerprint density at radius 2 is 1.10 bits per heavy atom. The number of likely N-dealkylation sites (N-methyl/N-ethyl adjacent to an activating group) is 1. The predicted octanol–water partition coefficient (Wildman–Crippen LogP) is 11.5. The summed E-state index contributed by atoms with van der Waals surface area (Å²) >= 11 is 0. The molecule has 0 amide bonds. The van der Waals surface area contributed by atoms with E-state index in [0.29, 0.717) is 56.5 Å². The molecule has 0 aliphatic rings. The van der Waals surface area contributed by atoms with E-state index >= 15 is 0 Å². The largest absolute Gasteiger partial charge is 0.378 e. The van der Waals surface area contributed by atoms with Gasteiger partial charge in [0.25, 0.3) is 0 Å². The van der Waals surface area contributed by atoms with Crippen molar-refractivity contribution in [3.63, 3.8) is 0 Å². The number of halogens is 2. The van der Waals surface area contributed by atoms with Gasteiger partial charge in [-0.1, -0.05) is 26.5 Å². The molecule has 0 fully saturated rings. The third-order valence-electron chi connectivity index (χ3n) is 10.9. The van der Waals surface area contributed by atoms with Crippen LogP contribution in [0.25, 0.3) is 107 Å². The molecule has 0 aliphatic carbocycles. The number of hydrogen-bond donors (Lipinski definition) is 4. The fraction of sp³-hybridized carbons (Fsp3) is 0.0962. The number of H-pyrrole nitrogens is 4. The lowest BCUT2D eigenvalue weighted by Crippen LogP contribution is -2.09. The Bertz CT molecular complexity index is 3620. The van der Waals surface area contributed by atoms with Crippen molar-refractivity contribution in [1.29, 1.82) is 0 Å². The van der Waals surface area contributed by atoms with E-state index in [2.05, 4.69) is 51.9 Å². The first kappa shape index (κ1) is 44.2. The molecule has 9 aromatic heterocycles. The Kier molecular flexibility index (Phi) is 12.5. The number of fused-ring (bicyclic) bond motifs is 4. The maximum Gasteiger partial charge on any atom is 0.161 e. The molecule has 0 aliphatic heterocycles. The number of imidazole rings is 2. The zero-order valence-corrected chi connectivity index (χ0v) is 37.7. The van der Waals surface area contributed by atoms with Crippen LogP contribution >= 0.6 is 0 Å². The van der Waals surface area contributed by atoms with Crippen molar-refractivity contribution in [2.24, 2.45) is 0 Å². The van der Waals surface area contributed by atoms with E-state index in [0.717, 1.165) is 61.4 Å². The molecule has 4 N–H and O–H groups in total. The summed E-state index contributed by atoms with van der Waals surface area (Å²) in [5.74, 6) is 0.560. The van der Waals surface area contributed by atoms with E-state index < -0.39 is 0 Å². The monoisotopic (exact) mass is 902 g/mol. The second-order valence-corrected chi connectivity index (χ2v) is 15.3. The van der Waals surface area contributed by atoms with Crippen LogP contribution in [0.1, 0.15) is 26.5 Å². The van der Waals surface area contributed by atoms with E-state index in [9.17, 15) is 8.78 Å². The van der Waals surface area contributed by atoms with Crippen LogP contribution in [0.5, 0.6) is 0 Å². The van der Waals surface area contributed by atoms with Gasteiger partial charge < -0.3 is 14.9 Å². The minimum absolute atomic E-state index is 0.294. The van der Waals surface area contributed by atoms with Crippen molar-refractivity contribution in [3.05, 3.63) is 170 Å².